The van der Waals surface area contributed by atoms with Crippen LogP contribution in [-0.4, -0.2) is 9.97 Å². The molecule has 0 fully saturated rings. The fraction of sp³-hybridized carbons (Fsp3) is 0. The summed E-state index contributed by atoms with van der Waals surface area (Å²) in [6.45, 7) is 0. The van der Waals surface area contributed by atoms with E-state index in [1.807, 2.05) is 48.8 Å². The Morgan fingerprint density at radius 2 is 0.875 bits per heavy atom. The molecule has 0 saturated heterocycles. The quantitative estimate of drug-likeness (QED) is 0.501. The lowest BCUT2D eigenvalue weighted by molar-refractivity contribution is 1.32. The van der Waals surface area contributed by atoms with Gasteiger partial charge in [-0.3, -0.25) is 9.97 Å². The summed E-state index contributed by atoms with van der Waals surface area (Å²) in [5.74, 6) is 0. The molecule has 0 N–H and O–H groups in total. The molecule has 2 aromatic heterocycles. The van der Waals surface area contributed by atoms with E-state index in [0.717, 1.165) is 22.5 Å². The zero-order valence-corrected chi connectivity index (χ0v) is 13.1. The monoisotopic (exact) mass is 308 g/mol. The van der Waals surface area contributed by atoms with E-state index in [0.29, 0.717) is 0 Å². The second kappa shape index (κ2) is 6.47. The molecule has 0 unspecified atom stereocenters. The van der Waals surface area contributed by atoms with Crippen molar-refractivity contribution in [2.24, 2.45) is 0 Å². The Labute approximate surface area is 141 Å². The van der Waals surface area contributed by atoms with Crippen LogP contribution in [0.5, 0.6) is 0 Å². The third-order valence-corrected chi connectivity index (χ3v) is 3.98. The highest BCUT2D eigenvalue weighted by Gasteiger charge is 2.04. The van der Waals surface area contributed by atoms with Crippen molar-refractivity contribution in [3.63, 3.8) is 0 Å². The van der Waals surface area contributed by atoms with Gasteiger partial charge in [0, 0.05) is 23.5 Å². The second-order valence-corrected chi connectivity index (χ2v) is 5.59. The van der Waals surface area contributed by atoms with Crippen LogP contribution in [0.25, 0.3) is 33.6 Å². The molecule has 4 rings (SSSR count). The molecule has 4 aromatic rings. The molecular weight excluding hydrogens is 292 g/mol. The Hall–Kier alpha value is -3.26. The third kappa shape index (κ3) is 2.95. The van der Waals surface area contributed by atoms with Gasteiger partial charge in [-0.25, -0.2) is 0 Å². The van der Waals surface area contributed by atoms with Crippen molar-refractivity contribution in [3.8, 4) is 33.6 Å². The lowest BCUT2D eigenvalue weighted by Gasteiger charge is -2.07. The van der Waals surface area contributed by atoms with E-state index in [1.165, 1.54) is 11.1 Å². The smallest absolute Gasteiger partial charge is 0.0702 e. The van der Waals surface area contributed by atoms with Gasteiger partial charge in [-0.2, -0.15) is 0 Å². The maximum Gasteiger partial charge on any atom is 0.0702 e. The predicted octanol–water partition coefficient (Wildman–Crippen LogP) is 5.48. The molecule has 2 aromatic carbocycles. The van der Waals surface area contributed by atoms with E-state index in [9.17, 15) is 0 Å². The molecule has 2 heterocycles. The van der Waals surface area contributed by atoms with Crippen molar-refractivity contribution < 1.29 is 0 Å². The lowest BCUT2D eigenvalue weighted by Crippen LogP contribution is -1.86. The van der Waals surface area contributed by atoms with Crippen LogP contribution in [0.15, 0.2) is 97.3 Å². The van der Waals surface area contributed by atoms with Gasteiger partial charge in [-0.05, 0) is 47.5 Å². The van der Waals surface area contributed by atoms with Gasteiger partial charge in [0.1, 0.15) is 0 Å². The Bertz CT molecular complexity index is 867. The van der Waals surface area contributed by atoms with Gasteiger partial charge >= 0.3 is 0 Å². The van der Waals surface area contributed by atoms with E-state index in [4.69, 9.17) is 0 Å². The third-order valence-electron chi connectivity index (χ3n) is 3.98. The molecule has 2 heteroatoms. The summed E-state index contributed by atoms with van der Waals surface area (Å²) in [5, 5.41) is 0. The number of benzene rings is 2. The standard InChI is InChI=1S/C22H16N2/c1-3-13-23-21(11-1)19-9-5-7-17(15-19)18-8-6-10-20(16-18)22-12-2-4-14-24-22/h1-16H. The molecule has 2 nitrogen and oxygen atoms in total. The molecule has 0 aliphatic carbocycles. The summed E-state index contributed by atoms with van der Waals surface area (Å²) < 4.78 is 0. The summed E-state index contributed by atoms with van der Waals surface area (Å²) in [4.78, 5) is 8.88. The highest BCUT2D eigenvalue weighted by atomic mass is 14.7. The fourth-order valence-corrected chi connectivity index (χ4v) is 2.78. The van der Waals surface area contributed by atoms with Crippen molar-refractivity contribution in [1.82, 2.24) is 9.97 Å². The zero-order valence-electron chi connectivity index (χ0n) is 13.1. The molecule has 0 saturated carbocycles. The maximum atomic E-state index is 4.44. The van der Waals surface area contributed by atoms with E-state index >= 15 is 0 Å². The first-order valence-electron chi connectivity index (χ1n) is 7.93. The topological polar surface area (TPSA) is 25.8 Å². The maximum absolute atomic E-state index is 4.44. The first-order chi connectivity index (χ1) is 11.9. The molecule has 0 aliphatic heterocycles. The molecule has 0 radical (unpaired) electrons. The van der Waals surface area contributed by atoms with Crippen LogP contribution in [0.1, 0.15) is 0 Å². The van der Waals surface area contributed by atoms with Crippen molar-refractivity contribution in [2.45, 2.75) is 0 Å². The van der Waals surface area contributed by atoms with Crippen LogP contribution in [0.4, 0.5) is 0 Å². The molecule has 0 bridgehead atoms. The molecular formula is C22H16N2. The normalized spacial score (nSPS) is 10.5. The van der Waals surface area contributed by atoms with Gasteiger partial charge in [0.2, 0.25) is 0 Å². The van der Waals surface area contributed by atoms with Crippen LogP contribution in [0.3, 0.4) is 0 Å². The summed E-state index contributed by atoms with van der Waals surface area (Å²) >= 11 is 0. The number of rotatable bonds is 3. The van der Waals surface area contributed by atoms with Crippen LogP contribution in [0, 0.1) is 0 Å². The predicted molar refractivity (Wildman–Crippen MR) is 98.3 cm³/mol. The average molecular weight is 308 g/mol. The first-order valence-corrected chi connectivity index (χ1v) is 7.93. The minimum atomic E-state index is 0.986. The molecule has 24 heavy (non-hydrogen) atoms. The Balaban J connectivity index is 1.75. The lowest BCUT2D eigenvalue weighted by atomic mass is 9.99. The number of nitrogens with zero attached hydrogens (tertiary/aromatic N) is 2. The Kier molecular flexibility index (Phi) is 3.86. The summed E-state index contributed by atoms with van der Waals surface area (Å²) in [5.41, 5.74) is 6.57. The number of hydrogen-bond donors (Lipinski definition) is 0. The molecule has 0 atom stereocenters. The summed E-state index contributed by atoms with van der Waals surface area (Å²) in [7, 11) is 0. The highest BCUT2D eigenvalue weighted by Crippen LogP contribution is 2.28. The highest BCUT2D eigenvalue weighted by molar-refractivity contribution is 5.75. The van der Waals surface area contributed by atoms with Gasteiger partial charge in [-0.15, -0.1) is 0 Å². The fourth-order valence-electron chi connectivity index (χ4n) is 2.78. The Morgan fingerprint density at radius 1 is 0.417 bits per heavy atom. The number of hydrogen-bond acceptors (Lipinski definition) is 2. The van der Waals surface area contributed by atoms with Crippen LogP contribution in [0.2, 0.25) is 0 Å². The van der Waals surface area contributed by atoms with Crippen molar-refractivity contribution in [2.75, 3.05) is 0 Å². The van der Waals surface area contributed by atoms with Crippen molar-refractivity contribution >= 4 is 0 Å². The minimum absolute atomic E-state index is 0.986. The largest absolute Gasteiger partial charge is 0.256 e. The summed E-state index contributed by atoms with van der Waals surface area (Å²) in [6, 6.07) is 28.9. The van der Waals surface area contributed by atoms with Crippen LogP contribution >= 0.6 is 0 Å². The Morgan fingerprint density at radius 3 is 1.29 bits per heavy atom. The van der Waals surface area contributed by atoms with E-state index in [-0.39, 0.29) is 0 Å². The van der Waals surface area contributed by atoms with E-state index < -0.39 is 0 Å². The number of pyridine rings is 2. The first kappa shape index (κ1) is 14.3. The molecule has 0 spiro atoms. The van der Waals surface area contributed by atoms with Gasteiger partial charge in [0.15, 0.2) is 0 Å². The minimum Gasteiger partial charge on any atom is -0.256 e. The molecule has 114 valence electrons. The van der Waals surface area contributed by atoms with Crippen LogP contribution in [-0.2, 0) is 0 Å². The van der Waals surface area contributed by atoms with Gasteiger partial charge in [0.05, 0.1) is 11.4 Å². The number of aromatic nitrogens is 2. The molecule has 0 amide bonds. The van der Waals surface area contributed by atoms with Gasteiger partial charge in [0.25, 0.3) is 0 Å². The summed E-state index contributed by atoms with van der Waals surface area (Å²) in [6.07, 6.45) is 3.65. The van der Waals surface area contributed by atoms with Gasteiger partial charge in [-0.1, -0.05) is 48.5 Å². The average Bonchev–Trinajstić information content (AvgIpc) is 2.70. The molecule has 0 aliphatic rings. The van der Waals surface area contributed by atoms with Gasteiger partial charge < -0.3 is 0 Å². The zero-order chi connectivity index (χ0) is 16.2. The second-order valence-electron chi connectivity index (χ2n) is 5.59. The van der Waals surface area contributed by atoms with E-state index in [2.05, 4.69) is 58.5 Å². The van der Waals surface area contributed by atoms with Crippen LogP contribution < -0.4 is 0 Å². The van der Waals surface area contributed by atoms with Crippen molar-refractivity contribution in [1.29, 1.82) is 0 Å². The van der Waals surface area contributed by atoms with Crippen molar-refractivity contribution in [3.05, 3.63) is 97.3 Å². The van der Waals surface area contributed by atoms with E-state index in [1.54, 1.807) is 0 Å². The SMILES string of the molecule is c1ccc(-c2cccc(-c3cccc(-c4ccccn4)c3)c2)nc1.